The van der Waals surface area contributed by atoms with Gasteiger partial charge in [-0.15, -0.1) is 0 Å². The number of rotatable bonds is 4. The van der Waals surface area contributed by atoms with Gasteiger partial charge in [-0.25, -0.2) is 14.0 Å². The molecule has 3 aliphatic rings. The van der Waals surface area contributed by atoms with Gasteiger partial charge in [-0.05, 0) is 34.4 Å². The number of halogens is 1. The van der Waals surface area contributed by atoms with E-state index in [0.717, 1.165) is 27.2 Å². The summed E-state index contributed by atoms with van der Waals surface area (Å²) in [5.74, 6) is -2.88. The zero-order valence-electron chi connectivity index (χ0n) is 19.5. The standard InChI is InChI=1S/C28H21FN2O6/c29-16-13-24(27(34)37-31-25(32)21-11-5-6-12-22(21)26(31)33)30(14-16)28(35)36-15-23-19-9-3-1-7-17(19)18-8-2-4-10-20(18)23/h1-12,16,23-24H,13-15H2/t16-,24+/m0/s1. The van der Waals surface area contributed by atoms with E-state index in [-0.39, 0.29) is 36.6 Å². The van der Waals surface area contributed by atoms with Gasteiger partial charge in [0.2, 0.25) is 0 Å². The number of ether oxygens (including phenoxy) is 1. The number of nitrogens with zero attached hydrogens (tertiary/aromatic N) is 2. The highest BCUT2D eigenvalue weighted by Crippen LogP contribution is 2.44. The molecule has 1 saturated heterocycles. The van der Waals surface area contributed by atoms with Crippen molar-refractivity contribution < 1.29 is 33.1 Å². The first-order valence-electron chi connectivity index (χ1n) is 11.9. The minimum atomic E-state index is -1.49. The molecule has 0 saturated carbocycles. The van der Waals surface area contributed by atoms with Crippen molar-refractivity contribution in [3.05, 3.63) is 95.1 Å². The fourth-order valence-corrected chi connectivity index (χ4v) is 5.29. The predicted octanol–water partition coefficient (Wildman–Crippen LogP) is 4.10. The van der Waals surface area contributed by atoms with Crippen LogP contribution in [0.5, 0.6) is 0 Å². The third-order valence-corrected chi connectivity index (χ3v) is 7.03. The maximum absolute atomic E-state index is 14.4. The zero-order chi connectivity index (χ0) is 25.7. The summed E-state index contributed by atoms with van der Waals surface area (Å²) < 4.78 is 19.9. The monoisotopic (exact) mass is 500 g/mol. The van der Waals surface area contributed by atoms with Crippen LogP contribution in [0.3, 0.4) is 0 Å². The summed E-state index contributed by atoms with van der Waals surface area (Å²) in [6.45, 7) is -0.362. The molecule has 0 N–H and O–H groups in total. The van der Waals surface area contributed by atoms with Crippen molar-refractivity contribution in [2.45, 2.75) is 24.6 Å². The van der Waals surface area contributed by atoms with Crippen LogP contribution in [0.4, 0.5) is 9.18 Å². The Morgan fingerprint density at radius 2 is 1.32 bits per heavy atom. The van der Waals surface area contributed by atoms with Gasteiger partial charge in [-0.1, -0.05) is 65.7 Å². The minimum absolute atomic E-state index is 0.000482. The van der Waals surface area contributed by atoms with Crippen LogP contribution in [0.2, 0.25) is 0 Å². The average molecular weight is 500 g/mol. The normalized spacial score (nSPS) is 20.0. The van der Waals surface area contributed by atoms with Gasteiger partial charge in [-0.3, -0.25) is 14.5 Å². The molecule has 1 aliphatic carbocycles. The highest BCUT2D eigenvalue weighted by Gasteiger charge is 2.46. The van der Waals surface area contributed by atoms with Gasteiger partial charge in [0.25, 0.3) is 11.8 Å². The number of hydrogen-bond acceptors (Lipinski definition) is 6. The second kappa shape index (κ2) is 8.85. The van der Waals surface area contributed by atoms with E-state index >= 15 is 0 Å². The molecule has 0 aromatic heterocycles. The molecular weight excluding hydrogens is 479 g/mol. The lowest BCUT2D eigenvalue weighted by molar-refractivity contribution is -0.173. The fourth-order valence-electron chi connectivity index (χ4n) is 5.29. The van der Waals surface area contributed by atoms with Crippen LogP contribution in [-0.4, -0.2) is 59.2 Å². The van der Waals surface area contributed by atoms with Crippen LogP contribution in [0.25, 0.3) is 11.1 Å². The third kappa shape index (κ3) is 3.74. The van der Waals surface area contributed by atoms with E-state index in [1.807, 2.05) is 48.5 Å². The number of carbonyl (C=O) groups is 4. The molecule has 0 spiro atoms. The van der Waals surface area contributed by atoms with Gasteiger partial charge >= 0.3 is 12.1 Å². The number of carbonyl (C=O) groups excluding carboxylic acids is 4. The van der Waals surface area contributed by atoms with Gasteiger partial charge in [0.15, 0.2) is 0 Å². The van der Waals surface area contributed by atoms with Crippen molar-refractivity contribution >= 4 is 23.9 Å². The number of fused-ring (bicyclic) bond motifs is 4. The average Bonchev–Trinajstić information content (AvgIpc) is 3.54. The summed E-state index contributed by atoms with van der Waals surface area (Å²) in [7, 11) is 0. The molecule has 0 bridgehead atoms. The molecule has 2 heterocycles. The Labute approximate surface area is 211 Å². The lowest BCUT2D eigenvalue weighted by Crippen LogP contribution is -2.45. The van der Waals surface area contributed by atoms with Crippen molar-refractivity contribution in [3.63, 3.8) is 0 Å². The van der Waals surface area contributed by atoms with Gasteiger partial charge in [0, 0.05) is 12.3 Å². The summed E-state index contributed by atoms with van der Waals surface area (Å²) in [6.07, 6.45) is -2.68. The predicted molar refractivity (Wildman–Crippen MR) is 128 cm³/mol. The number of amides is 3. The molecule has 3 amide bonds. The summed E-state index contributed by atoms with van der Waals surface area (Å²) in [5, 5.41) is 0.356. The van der Waals surface area contributed by atoms with Gasteiger partial charge < -0.3 is 9.57 Å². The molecule has 0 radical (unpaired) electrons. The first kappa shape index (κ1) is 22.9. The molecule has 2 atom stereocenters. The first-order chi connectivity index (χ1) is 17.9. The van der Waals surface area contributed by atoms with Crippen LogP contribution < -0.4 is 0 Å². The SMILES string of the molecule is O=C(ON1C(=O)c2ccccc2C1=O)[C@H]1C[C@H](F)CN1C(=O)OCC1c2ccccc2-c2ccccc21. The summed E-state index contributed by atoms with van der Waals surface area (Å²) >= 11 is 0. The maximum atomic E-state index is 14.4. The van der Waals surface area contributed by atoms with Crippen LogP contribution >= 0.6 is 0 Å². The van der Waals surface area contributed by atoms with Crippen LogP contribution in [0.1, 0.15) is 44.2 Å². The number of hydrogen-bond donors (Lipinski definition) is 0. The van der Waals surface area contributed by atoms with Crippen molar-refractivity contribution in [3.8, 4) is 11.1 Å². The van der Waals surface area contributed by atoms with Gasteiger partial charge in [-0.2, -0.15) is 0 Å². The molecular formula is C28H21FN2O6. The summed E-state index contributed by atoms with van der Waals surface area (Å²) in [6, 6.07) is 20.4. The molecule has 0 unspecified atom stereocenters. The van der Waals surface area contributed by atoms with Crippen molar-refractivity contribution in [2.24, 2.45) is 0 Å². The number of benzene rings is 3. The quantitative estimate of drug-likeness (QED) is 0.501. The topological polar surface area (TPSA) is 93.2 Å². The summed E-state index contributed by atoms with van der Waals surface area (Å²) in [4.78, 5) is 57.0. The minimum Gasteiger partial charge on any atom is -0.448 e. The Balaban J connectivity index is 1.16. The smallest absolute Gasteiger partial charge is 0.410 e. The van der Waals surface area contributed by atoms with E-state index in [1.165, 1.54) is 12.1 Å². The lowest BCUT2D eigenvalue weighted by Gasteiger charge is -2.24. The number of hydroxylamine groups is 2. The summed E-state index contributed by atoms with van der Waals surface area (Å²) in [5.41, 5.74) is 4.36. The first-order valence-corrected chi connectivity index (χ1v) is 11.9. The molecule has 3 aromatic rings. The Morgan fingerprint density at radius 3 is 1.89 bits per heavy atom. The molecule has 3 aromatic carbocycles. The van der Waals surface area contributed by atoms with Crippen molar-refractivity contribution in [1.29, 1.82) is 0 Å². The number of likely N-dealkylation sites (tertiary alicyclic amines) is 1. The van der Waals surface area contributed by atoms with Crippen molar-refractivity contribution in [2.75, 3.05) is 13.2 Å². The van der Waals surface area contributed by atoms with Crippen LogP contribution in [0.15, 0.2) is 72.8 Å². The highest BCUT2D eigenvalue weighted by molar-refractivity contribution is 6.21. The van der Waals surface area contributed by atoms with E-state index in [2.05, 4.69) is 0 Å². The molecule has 1 fully saturated rings. The largest absolute Gasteiger partial charge is 0.448 e. The Kier molecular flexibility index (Phi) is 5.48. The zero-order valence-corrected chi connectivity index (χ0v) is 19.5. The lowest BCUT2D eigenvalue weighted by atomic mass is 9.98. The molecule has 9 heteroatoms. The molecule has 6 rings (SSSR count). The second-order valence-electron chi connectivity index (χ2n) is 9.17. The van der Waals surface area contributed by atoms with E-state index < -0.39 is 36.1 Å². The Hall–Kier alpha value is -4.53. The second-order valence-corrected chi connectivity index (χ2v) is 9.17. The third-order valence-electron chi connectivity index (χ3n) is 7.03. The number of alkyl halides is 1. The van der Waals surface area contributed by atoms with Crippen molar-refractivity contribution in [1.82, 2.24) is 9.96 Å². The maximum Gasteiger partial charge on any atom is 0.410 e. The molecule has 37 heavy (non-hydrogen) atoms. The Bertz CT molecular complexity index is 1380. The van der Waals surface area contributed by atoms with Crippen LogP contribution in [0, 0.1) is 0 Å². The van der Waals surface area contributed by atoms with E-state index in [1.54, 1.807) is 12.1 Å². The van der Waals surface area contributed by atoms with E-state index in [9.17, 15) is 23.6 Å². The Morgan fingerprint density at radius 1 is 0.811 bits per heavy atom. The molecule has 186 valence electrons. The number of imide groups is 1. The van der Waals surface area contributed by atoms with Gasteiger partial charge in [0.1, 0.15) is 18.8 Å². The van der Waals surface area contributed by atoms with Gasteiger partial charge in [0.05, 0.1) is 17.7 Å². The highest BCUT2D eigenvalue weighted by atomic mass is 19.1. The van der Waals surface area contributed by atoms with E-state index in [4.69, 9.17) is 9.57 Å². The van der Waals surface area contributed by atoms with Crippen LogP contribution in [-0.2, 0) is 14.4 Å². The molecule has 2 aliphatic heterocycles. The molecule has 8 nitrogen and oxygen atoms in total. The fraction of sp³-hybridized carbons (Fsp3) is 0.214. The van der Waals surface area contributed by atoms with E-state index in [0.29, 0.717) is 5.06 Å².